The SMILES string of the molecule is C=C(/C(C)=C(\N(C)C=O)N(C)C(C)Cc1cccc(C#N)c1)N(C)CCCN.CCc1ccccc1. The van der Waals surface area contributed by atoms with Gasteiger partial charge in [-0.3, -0.25) is 4.79 Å². The fourth-order valence-electron chi connectivity index (χ4n) is 3.87. The third-order valence-corrected chi connectivity index (χ3v) is 6.25. The van der Waals surface area contributed by atoms with Crippen LogP contribution >= 0.6 is 0 Å². The molecule has 0 saturated heterocycles. The van der Waals surface area contributed by atoms with Crippen LogP contribution in [-0.2, 0) is 17.6 Å². The number of nitrogens with two attached hydrogens (primary N) is 1. The van der Waals surface area contributed by atoms with Crippen molar-refractivity contribution in [2.24, 2.45) is 5.73 Å². The topological polar surface area (TPSA) is 76.6 Å². The van der Waals surface area contributed by atoms with Crippen molar-refractivity contribution in [1.82, 2.24) is 14.7 Å². The van der Waals surface area contributed by atoms with Gasteiger partial charge < -0.3 is 20.4 Å². The molecule has 1 amide bonds. The van der Waals surface area contributed by atoms with E-state index in [2.05, 4.69) is 60.6 Å². The van der Waals surface area contributed by atoms with Gasteiger partial charge in [0.1, 0.15) is 5.82 Å². The number of carbonyl (C=O) groups is 1. The van der Waals surface area contributed by atoms with Crippen LogP contribution in [0, 0.1) is 11.3 Å². The van der Waals surface area contributed by atoms with E-state index >= 15 is 0 Å². The van der Waals surface area contributed by atoms with Crippen molar-refractivity contribution in [3.05, 3.63) is 95.0 Å². The molecule has 2 N–H and O–H groups in total. The van der Waals surface area contributed by atoms with E-state index in [1.54, 1.807) is 18.0 Å². The molecule has 0 bridgehead atoms. The van der Waals surface area contributed by atoms with E-state index in [4.69, 9.17) is 11.0 Å². The summed E-state index contributed by atoms with van der Waals surface area (Å²) in [4.78, 5) is 17.3. The fraction of sp³-hybridized carbons (Fsp3) is 0.400. The zero-order valence-corrected chi connectivity index (χ0v) is 22.9. The lowest BCUT2D eigenvalue weighted by Gasteiger charge is -2.35. The molecule has 2 aromatic rings. The molecule has 2 aromatic carbocycles. The van der Waals surface area contributed by atoms with E-state index < -0.39 is 0 Å². The molecular weight excluding hydrogens is 446 g/mol. The van der Waals surface area contributed by atoms with Crippen LogP contribution in [0.2, 0.25) is 0 Å². The summed E-state index contributed by atoms with van der Waals surface area (Å²) in [6, 6.07) is 20.4. The van der Waals surface area contributed by atoms with E-state index in [0.717, 1.165) is 54.9 Å². The monoisotopic (exact) mass is 489 g/mol. The minimum absolute atomic E-state index is 0.114. The second kappa shape index (κ2) is 16.2. The summed E-state index contributed by atoms with van der Waals surface area (Å²) < 4.78 is 0. The van der Waals surface area contributed by atoms with Crippen molar-refractivity contribution >= 4 is 6.41 Å². The summed E-state index contributed by atoms with van der Waals surface area (Å²) in [7, 11) is 5.71. The summed E-state index contributed by atoms with van der Waals surface area (Å²) >= 11 is 0. The molecule has 0 radical (unpaired) electrons. The Labute approximate surface area is 218 Å². The largest absolute Gasteiger partial charge is 0.375 e. The molecule has 0 saturated carbocycles. The highest BCUT2D eigenvalue weighted by Crippen LogP contribution is 2.23. The Kier molecular flexibility index (Phi) is 13.7. The molecule has 0 aliphatic heterocycles. The van der Waals surface area contributed by atoms with Gasteiger partial charge in [-0.1, -0.05) is 56.0 Å². The van der Waals surface area contributed by atoms with Crippen LogP contribution in [-0.4, -0.2) is 61.4 Å². The zero-order chi connectivity index (χ0) is 27.1. The molecule has 0 fully saturated rings. The Hall–Kier alpha value is -3.56. The van der Waals surface area contributed by atoms with Crippen LogP contribution in [0.15, 0.2) is 78.3 Å². The maximum atomic E-state index is 11.6. The Morgan fingerprint density at radius 3 is 2.28 bits per heavy atom. The smallest absolute Gasteiger partial charge is 0.214 e. The highest BCUT2D eigenvalue weighted by molar-refractivity contribution is 5.52. The summed E-state index contributed by atoms with van der Waals surface area (Å²) in [6.45, 7) is 11.9. The zero-order valence-electron chi connectivity index (χ0n) is 22.9. The second-order valence-corrected chi connectivity index (χ2v) is 8.99. The molecule has 2 rings (SSSR count). The van der Waals surface area contributed by atoms with E-state index in [1.165, 1.54) is 5.56 Å². The molecule has 6 heteroatoms. The van der Waals surface area contributed by atoms with Crippen molar-refractivity contribution in [2.75, 3.05) is 34.2 Å². The standard InChI is InChI=1S/C22H33N5O.C8H10/c1-17(13-20-9-7-10-21(14-20)15-24)27(6)22(26(5)16-28)18(2)19(3)25(4)12-8-11-23;1-2-8-6-4-3-5-7-8/h7,9-10,14,16-17H,3,8,11-13,23H2,1-2,4-6H3;3-7H,2H2,1H3/b22-18+;. The number of nitriles is 1. The van der Waals surface area contributed by atoms with Crippen LogP contribution < -0.4 is 5.73 Å². The number of rotatable bonds is 12. The quantitative estimate of drug-likeness (QED) is 0.343. The highest BCUT2D eigenvalue weighted by Gasteiger charge is 2.21. The summed E-state index contributed by atoms with van der Waals surface area (Å²) in [6.07, 6.45) is 3.58. The second-order valence-electron chi connectivity index (χ2n) is 8.99. The Morgan fingerprint density at radius 2 is 1.75 bits per heavy atom. The number of likely N-dealkylation sites (N-methyl/N-ethyl adjacent to an activating group) is 2. The molecule has 0 spiro atoms. The van der Waals surface area contributed by atoms with Crippen LogP contribution in [0.3, 0.4) is 0 Å². The van der Waals surface area contributed by atoms with Gasteiger partial charge in [-0.2, -0.15) is 5.26 Å². The van der Waals surface area contributed by atoms with Crippen molar-refractivity contribution in [2.45, 2.75) is 46.1 Å². The third kappa shape index (κ3) is 9.59. The van der Waals surface area contributed by atoms with Crippen LogP contribution in [0.5, 0.6) is 0 Å². The number of amides is 1. The molecule has 0 aliphatic carbocycles. The van der Waals surface area contributed by atoms with Gasteiger partial charge in [0.15, 0.2) is 0 Å². The Bertz CT molecular complexity index is 1030. The minimum Gasteiger partial charge on any atom is -0.375 e. The number of allylic oxidation sites excluding steroid dienone is 1. The van der Waals surface area contributed by atoms with Gasteiger partial charge in [-0.05, 0) is 62.9 Å². The minimum atomic E-state index is 0.114. The molecule has 1 atom stereocenters. The van der Waals surface area contributed by atoms with Crippen molar-refractivity contribution < 1.29 is 4.79 Å². The molecule has 0 aromatic heterocycles. The van der Waals surface area contributed by atoms with Gasteiger partial charge in [-0.25, -0.2) is 0 Å². The molecule has 0 heterocycles. The van der Waals surface area contributed by atoms with E-state index in [0.29, 0.717) is 12.1 Å². The van der Waals surface area contributed by atoms with Gasteiger partial charge in [0.05, 0.1) is 11.6 Å². The molecule has 1 unspecified atom stereocenters. The molecule has 194 valence electrons. The predicted octanol–water partition coefficient (Wildman–Crippen LogP) is 4.78. The van der Waals surface area contributed by atoms with Crippen LogP contribution in [0.25, 0.3) is 0 Å². The van der Waals surface area contributed by atoms with Crippen molar-refractivity contribution in [3.63, 3.8) is 0 Å². The first-order valence-electron chi connectivity index (χ1n) is 12.4. The average Bonchev–Trinajstić information content (AvgIpc) is 2.91. The first kappa shape index (κ1) is 30.5. The maximum Gasteiger partial charge on any atom is 0.214 e. The average molecular weight is 490 g/mol. The van der Waals surface area contributed by atoms with E-state index in [9.17, 15) is 4.79 Å². The number of benzene rings is 2. The Balaban J connectivity index is 0.000000681. The van der Waals surface area contributed by atoms with E-state index in [1.807, 2.05) is 45.3 Å². The lowest BCUT2D eigenvalue weighted by atomic mass is 10.0. The lowest BCUT2D eigenvalue weighted by Crippen LogP contribution is -2.38. The Morgan fingerprint density at radius 1 is 1.11 bits per heavy atom. The molecule has 6 nitrogen and oxygen atoms in total. The summed E-state index contributed by atoms with van der Waals surface area (Å²) in [5.74, 6) is 0.809. The number of hydrogen-bond acceptors (Lipinski definition) is 5. The molecule has 36 heavy (non-hydrogen) atoms. The molecule has 0 aliphatic rings. The normalized spacial score (nSPS) is 11.7. The predicted molar refractivity (Wildman–Crippen MR) is 150 cm³/mol. The van der Waals surface area contributed by atoms with Crippen molar-refractivity contribution in [1.29, 1.82) is 5.26 Å². The summed E-state index contributed by atoms with van der Waals surface area (Å²) in [5, 5.41) is 9.11. The van der Waals surface area contributed by atoms with Gasteiger partial charge in [-0.15, -0.1) is 0 Å². The molecular formula is C30H43N5O. The van der Waals surface area contributed by atoms with Crippen molar-refractivity contribution in [3.8, 4) is 6.07 Å². The summed E-state index contributed by atoms with van der Waals surface area (Å²) in [5.41, 5.74) is 10.6. The first-order valence-corrected chi connectivity index (χ1v) is 12.4. The van der Waals surface area contributed by atoms with E-state index in [-0.39, 0.29) is 6.04 Å². The number of hydrogen-bond donors (Lipinski definition) is 1. The lowest BCUT2D eigenvalue weighted by molar-refractivity contribution is -0.116. The van der Waals surface area contributed by atoms with Gasteiger partial charge >= 0.3 is 0 Å². The number of aryl methyl sites for hydroxylation is 1. The van der Waals surface area contributed by atoms with Crippen LogP contribution in [0.1, 0.15) is 43.9 Å². The highest BCUT2D eigenvalue weighted by atomic mass is 16.1. The van der Waals surface area contributed by atoms with Gasteiger partial charge in [0.25, 0.3) is 0 Å². The maximum absolute atomic E-state index is 11.6. The fourth-order valence-corrected chi connectivity index (χ4v) is 3.87. The number of carbonyl (C=O) groups excluding carboxylic acids is 1. The first-order chi connectivity index (χ1) is 17.2. The number of nitrogens with zero attached hydrogens (tertiary/aromatic N) is 4. The third-order valence-electron chi connectivity index (χ3n) is 6.25. The van der Waals surface area contributed by atoms with Gasteiger partial charge in [0, 0.05) is 45.0 Å². The van der Waals surface area contributed by atoms with Gasteiger partial charge in [0.2, 0.25) is 6.41 Å². The van der Waals surface area contributed by atoms with Crippen LogP contribution in [0.4, 0.5) is 0 Å².